The average Bonchev–Trinajstić information content (AvgIpc) is 2.43. The Bertz CT molecular complexity index is 364. The molecular formula is C12H25N3O3S. The molecule has 0 unspecified atom stereocenters. The van der Waals surface area contributed by atoms with Gasteiger partial charge in [-0.1, -0.05) is 6.08 Å². The summed E-state index contributed by atoms with van der Waals surface area (Å²) in [5.41, 5.74) is 5.62. The van der Waals surface area contributed by atoms with E-state index in [1.807, 2.05) is 0 Å². The maximum absolute atomic E-state index is 12.5. The lowest BCUT2D eigenvalue weighted by Crippen LogP contribution is -2.48. The minimum Gasteiger partial charge on any atom is -0.383 e. The van der Waals surface area contributed by atoms with Crippen molar-refractivity contribution in [2.45, 2.75) is 12.8 Å². The lowest BCUT2D eigenvalue weighted by Gasteiger charge is -2.34. The summed E-state index contributed by atoms with van der Waals surface area (Å²) in [6.45, 7) is 6.37. The highest BCUT2D eigenvalue weighted by atomic mass is 32.2. The quantitative estimate of drug-likeness (QED) is 0.641. The van der Waals surface area contributed by atoms with Crippen LogP contribution in [0.3, 0.4) is 0 Å². The molecule has 0 radical (unpaired) electrons. The number of nitrogens with zero attached hydrogens (tertiary/aromatic N) is 2. The fourth-order valence-electron chi connectivity index (χ4n) is 2.18. The van der Waals surface area contributed by atoms with E-state index < -0.39 is 10.2 Å². The summed E-state index contributed by atoms with van der Waals surface area (Å²) in [5, 5.41) is 0. The van der Waals surface area contributed by atoms with Crippen LogP contribution in [0.1, 0.15) is 12.8 Å². The van der Waals surface area contributed by atoms with E-state index in [2.05, 4.69) is 6.58 Å². The van der Waals surface area contributed by atoms with Crippen LogP contribution in [0, 0.1) is 5.92 Å². The predicted molar refractivity (Wildman–Crippen MR) is 75.9 cm³/mol. The Balaban J connectivity index is 2.68. The topological polar surface area (TPSA) is 75.9 Å². The molecule has 1 rings (SSSR count). The fraction of sp³-hybridized carbons (Fsp3) is 0.833. The molecule has 1 saturated heterocycles. The van der Waals surface area contributed by atoms with Gasteiger partial charge in [-0.25, -0.2) is 0 Å². The zero-order valence-electron chi connectivity index (χ0n) is 11.6. The predicted octanol–water partition coefficient (Wildman–Crippen LogP) is 0.0363. The fourth-order valence-corrected chi connectivity index (χ4v) is 3.77. The maximum atomic E-state index is 12.5. The molecule has 19 heavy (non-hydrogen) atoms. The Hall–Kier alpha value is -0.470. The number of rotatable bonds is 8. The molecule has 0 aromatic carbocycles. The van der Waals surface area contributed by atoms with Crippen molar-refractivity contribution < 1.29 is 13.2 Å². The Morgan fingerprint density at radius 3 is 2.58 bits per heavy atom. The van der Waals surface area contributed by atoms with Gasteiger partial charge in [-0.3, -0.25) is 0 Å². The van der Waals surface area contributed by atoms with Crippen molar-refractivity contribution in [3.8, 4) is 0 Å². The molecule has 0 aromatic rings. The average molecular weight is 291 g/mol. The van der Waals surface area contributed by atoms with Crippen LogP contribution in [0.15, 0.2) is 12.7 Å². The van der Waals surface area contributed by atoms with Gasteiger partial charge in [-0.15, -0.1) is 6.58 Å². The van der Waals surface area contributed by atoms with Gasteiger partial charge < -0.3 is 10.5 Å². The Morgan fingerprint density at radius 1 is 1.47 bits per heavy atom. The molecule has 6 nitrogen and oxygen atoms in total. The van der Waals surface area contributed by atoms with Gasteiger partial charge in [0, 0.05) is 33.3 Å². The molecular weight excluding hydrogens is 266 g/mol. The molecule has 1 fully saturated rings. The minimum absolute atomic E-state index is 0.308. The normalized spacial score (nSPS) is 18.9. The largest absolute Gasteiger partial charge is 0.383 e. The van der Waals surface area contributed by atoms with E-state index in [0.29, 0.717) is 45.2 Å². The number of ether oxygens (including phenoxy) is 1. The first-order valence-corrected chi connectivity index (χ1v) is 8.01. The summed E-state index contributed by atoms with van der Waals surface area (Å²) in [4.78, 5) is 0. The van der Waals surface area contributed by atoms with Gasteiger partial charge in [0.05, 0.1) is 6.61 Å². The highest BCUT2D eigenvalue weighted by molar-refractivity contribution is 7.86. The van der Waals surface area contributed by atoms with E-state index in [1.165, 1.54) is 4.31 Å². The number of piperidine rings is 1. The monoisotopic (exact) mass is 291 g/mol. The lowest BCUT2D eigenvalue weighted by molar-refractivity contribution is 0.176. The highest BCUT2D eigenvalue weighted by Gasteiger charge is 2.31. The Labute approximate surface area is 116 Å². The molecule has 0 bridgehead atoms. The van der Waals surface area contributed by atoms with Gasteiger partial charge in [0.25, 0.3) is 10.2 Å². The minimum atomic E-state index is -3.42. The molecule has 2 N–H and O–H groups in total. The molecule has 0 amide bonds. The molecule has 1 heterocycles. The van der Waals surface area contributed by atoms with Crippen LogP contribution < -0.4 is 5.73 Å². The van der Waals surface area contributed by atoms with Crippen molar-refractivity contribution in [2.75, 3.05) is 46.4 Å². The summed E-state index contributed by atoms with van der Waals surface area (Å²) < 4.78 is 32.9. The molecule has 112 valence electrons. The standard InChI is InChI=1S/C12H25N3O3S/c1-3-6-14(9-10-18-2)19(16,17)15-7-4-12(11-13)5-8-15/h3,12H,1,4-11,13H2,2H3. The lowest BCUT2D eigenvalue weighted by atomic mass is 9.99. The Kier molecular flexibility index (Phi) is 6.95. The highest BCUT2D eigenvalue weighted by Crippen LogP contribution is 2.20. The zero-order chi connectivity index (χ0) is 14.3. The summed E-state index contributed by atoms with van der Waals surface area (Å²) in [5.74, 6) is 0.443. The van der Waals surface area contributed by atoms with Gasteiger partial charge in [-0.2, -0.15) is 17.0 Å². The molecule has 0 spiro atoms. The number of methoxy groups -OCH3 is 1. The summed E-state index contributed by atoms with van der Waals surface area (Å²) in [7, 11) is -1.85. The third-order valence-corrected chi connectivity index (χ3v) is 5.44. The number of hydrogen-bond donors (Lipinski definition) is 1. The second-order valence-corrected chi connectivity index (χ2v) is 6.65. The van der Waals surface area contributed by atoms with E-state index in [4.69, 9.17) is 10.5 Å². The van der Waals surface area contributed by atoms with Gasteiger partial charge in [0.15, 0.2) is 0 Å². The van der Waals surface area contributed by atoms with E-state index in [0.717, 1.165) is 12.8 Å². The van der Waals surface area contributed by atoms with E-state index >= 15 is 0 Å². The van der Waals surface area contributed by atoms with Crippen molar-refractivity contribution in [2.24, 2.45) is 11.7 Å². The van der Waals surface area contributed by atoms with Gasteiger partial charge >= 0.3 is 0 Å². The van der Waals surface area contributed by atoms with Crippen LogP contribution in [-0.4, -0.2) is 63.5 Å². The summed E-state index contributed by atoms with van der Waals surface area (Å²) in [6, 6.07) is 0. The van der Waals surface area contributed by atoms with Crippen LogP contribution in [0.4, 0.5) is 0 Å². The number of nitrogens with two attached hydrogens (primary N) is 1. The second kappa shape index (κ2) is 7.96. The molecule has 1 aliphatic heterocycles. The summed E-state index contributed by atoms with van der Waals surface area (Å²) >= 11 is 0. The van der Waals surface area contributed by atoms with Gasteiger partial charge in [0.2, 0.25) is 0 Å². The third-order valence-electron chi connectivity index (χ3n) is 3.44. The molecule has 1 aliphatic rings. The van der Waals surface area contributed by atoms with Crippen molar-refractivity contribution in [3.63, 3.8) is 0 Å². The van der Waals surface area contributed by atoms with Crippen LogP contribution >= 0.6 is 0 Å². The van der Waals surface area contributed by atoms with Crippen LogP contribution in [-0.2, 0) is 14.9 Å². The molecule has 0 atom stereocenters. The van der Waals surface area contributed by atoms with E-state index in [-0.39, 0.29) is 0 Å². The Morgan fingerprint density at radius 2 is 2.11 bits per heavy atom. The van der Waals surface area contributed by atoms with Crippen molar-refractivity contribution in [3.05, 3.63) is 12.7 Å². The zero-order valence-corrected chi connectivity index (χ0v) is 12.4. The smallest absolute Gasteiger partial charge is 0.282 e. The first-order chi connectivity index (χ1) is 9.06. The van der Waals surface area contributed by atoms with Crippen molar-refractivity contribution in [1.82, 2.24) is 8.61 Å². The maximum Gasteiger partial charge on any atom is 0.282 e. The van der Waals surface area contributed by atoms with Crippen molar-refractivity contribution in [1.29, 1.82) is 0 Å². The summed E-state index contributed by atoms with van der Waals surface area (Å²) in [6.07, 6.45) is 3.27. The number of hydrogen-bond acceptors (Lipinski definition) is 4. The van der Waals surface area contributed by atoms with Crippen LogP contribution in [0.5, 0.6) is 0 Å². The molecule has 7 heteroatoms. The second-order valence-electron chi connectivity index (χ2n) is 4.73. The van der Waals surface area contributed by atoms with Crippen LogP contribution in [0.2, 0.25) is 0 Å². The van der Waals surface area contributed by atoms with Gasteiger partial charge in [0.1, 0.15) is 0 Å². The molecule has 0 aliphatic carbocycles. The van der Waals surface area contributed by atoms with E-state index in [9.17, 15) is 8.42 Å². The van der Waals surface area contributed by atoms with Gasteiger partial charge in [-0.05, 0) is 25.3 Å². The first-order valence-electron chi connectivity index (χ1n) is 6.61. The molecule has 0 saturated carbocycles. The SMILES string of the molecule is C=CCN(CCOC)S(=O)(=O)N1CCC(CN)CC1. The van der Waals surface area contributed by atoms with E-state index in [1.54, 1.807) is 17.5 Å². The third kappa shape index (κ3) is 4.54. The molecule has 0 aromatic heterocycles. The van der Waals surface area contributed by atoms with Crippen LogP contribution in [0.25, 0.3) is 0 Å². The first kappa shape index (κ1) is 16.6. The van der Waals surface area contributed by atoms with Crippen molar-refractivity contribution >= 4 is 10.2 Å².